The van der Waals surface area contributed by atoms with Gasteiger partial charge in [-0.3, -0.25) is 0 Å². The molecular formula is C21H26N2O2S. The second-order valence-electron chi connectivity index (χ2n) is 7.14. The topological polar surface area (TPSA) is 55.7 Å². The first-order valence-electron chi connectivity index (χ1n) is 9.10. The van der Waals surface area contributed by atoms with Gasteiger partial charge in [-0.1, -0.05) is 44.2 Å². The Balaban J connectivity index is 1.72. The van der Waals surface area contributed by atoms with Gasteiger partial charge in [0.2, 0.25) is 0 Å². The highest BCUT2D eigenvalue weighted by molar-refractivity contribution is 7.80. The summed E-state index contributed by atoms with van der Waals surface area (Å²) in [6.07, 6.45) is 1.72. The number of hydrogen-bond donors (Lipinski definition) is 3. The molecule has 138 valence electrons. The lowest BCUT2D eigenvalue weighted by Gasteiger charge is -2.41. The summed E-state index contributed by atoms with van der Waals surface area (Å²) in [5, 5.41) is 23.9. The summed E-state index contributed by atoms with van der Waals surface area (Å²) < 4.78 is 0. The lowest BCUT2D eigenvalue weighted by atomic mass is 9.86. The lowest BCUT2D eigenvalue weighted by Crippen LogP contribution is -2.47. The van der Waals surface area contributed by atoms with Gasteiger partial charge >= 0.3 is 0 Å². The van der Waals surface area contributed by atoms with Gasteiger partial charge in [-0.2, -0.15) is 0 Å². The molecule has 2 aromatic carbocycles. The van der Waals surface area contributed by atoms with Crippen LogP contribution in [0, 0.1) is 5.92 Å². The maximum atomic E-state index is 9.95. The van der Waals surface area contributed by atoms with E-state index in [0.717, 1.165) is 42.2 Å². The van der Waals surface area contributed by atoms with Crippen molar-refractivity contribution in [3.63, 3.8) is 0 Å². The molecule has 5 heteroatoms. The van der Waals surface area contributed by atoms with Gasteiger partial charge in [0.1, 0.15) is 0 Å². The quantitative estimate of drug-likeness (QED) is 0.565. The van der Waals surface area contributed by atoms with Crippen LogP contribution in [0.15, 0.2) is 42.5 Å². The van der Waals surface area contributed by atoms with E-state index in [0.29, 0.717) is 5.92 Å². The Hall–Kier alpha value is -2.27. The van der Waals surface area contributed by atoms with Gasteiger partial charge in [0.15, 0.2) is 16.6 Å². The fraction of sp³-hybridized carbons (Fsp3) is 0.381. The summed E-state index contributed by atoms with van der Waals surface area (Å²) in [6, 6.07) is 13.8. The fourth-order valence-electron chi connectivity index (χ4n) is 3.68. The number of rotatable bonds is 4. The third-order valence-electron chi connectivity index (χ3n) is 4.94. The van der Waals surface area contributed by atoms with Gasteiger partial charge in [-0.15, -0.1) is 0 Å². The van der Waals surface area contributed by atoms with Crippen molar-refractivity contribution in [2.75, 3.05) is 13.1 Å². The third kappa shape index (κ3) is 3.93. The van der Waals surface area contributed by atoms with Crippen LogP contribution in [0.3, 0.4) is 0 Å². The van der Waals surface area contributed by atoms with E-state index in [-0.39, 0.29) is 17.5 Å². The molecule has 3 rings (SSSR count). The van der Waals surface area contributed by atoms with E-state index in [9.17, 15) is 10.2 Å². The molecule has 1 aliphatic rings. The minimum absolute atomic E-state index is 0.0525. The van der Waals surface area contributed by atoms with Crippen molar-refractivity contribution < 1.29 is 10.2 Å². The first-order chi connectivity index (χ1) is 12.5. The molecular weight excluding hydrogens is 344 g/mol. The minimum Gasteiger partial charge on any atom is -0.504 e. The first kappa shape index (κ1) is 18.5. The number of thiocarbonyl (C=S) groups is 1. The van der Waals surface area contributed by atoms with Gasteiger partial charge in [-0.05, 0) is 59.8 Å². The van der Waals surface area contributed by atoms with Crippen molar-refractivity contribution >= 4 is 17.3 Å². The normalized spacial score (nSPS) is 16.4. The minimum atomic E-state index is -0.0702. The zero-order chi connectivity index (χ0) is 18.7. The van der Waals surface area contributed by atoms with E-state index in [1.807, 2.05) is 18.2 Å². The monoisotopic (exact) mass is 370 g/mol. The summed E-state index contributed by atoms with van der Waals surface area (Å²) in [5.74, 6) is 0.203. The zero-order valence-electron chi connectivity index (χ0n) is 15.3. The van der Waals surface area contributed by atoms with Gasteiger partial charge in [0.25, 0.3) is 0 Å². The molecule has 1 heterocycles. The molecule has 0 bridgehead atoms. The van der Waals surface area contributed by atoms with Gasteiger partial charge < -0.3 is 20.4 Å². The Morgan fingerprint density at radius 1 is 1.19 bits per heavy atom. The lowest BCUT2D eigenvalue weighted by molar-refractivity contribution is 0.233. The Labute approximate surface area is 160 Å². The second kappa shape index (κ2) is 7.96. The average molecular weight is 371 g/mol. The van der Waals surface area contributed by atoms with Crippen molar-refractivity contribution in [1.82, 2.24) is 10.2 Å². The van der Waals surface area contributed by atoms with Crippen LogP contribution in [0.5, 0.6) is 11.5 Å². The molecule has 2 aromatic rings. The molecule has 0 fully saturated rings. The number of phenols is 2. The van der Waals surface area contributed by atoms with E-state index < -0.39 is 0 Å². The van der Waals surface area contributed by atoms with E-state index in [2.05, 4.69) is 36.2 Å². The Morgan fingerprint density at radius 3 is 2.58 bits per heavy atom. The summed E-state index contributed by atoms with van der Waals surface area (Å²) in [5.41, 5.74) is 3.42. The van der Waals surface area contributed by atoms with Gasteiger partial charge in [-0.25, -0.2) is 0 Å². The van der Waals surface area contributed by atoms with Crippen molar-refractivity contribution in [2.45, 2.75) is 32.7 Å². The van der Waals surface area contributed by atoms with E-state index in [1.54, 1.807) is 12.1 Å². The maximum absolute atomic E-state index is 9.95. The molecule has 1 atom stereocenters. The zero-order valence-corrected chi connectivity index (χ0v) is 16.1. The molecule has 26 heavy (non-hydrogen) atoms. The van der Waals surface area contributed by atoms with Gasteiger partial charge in [0, 0.05) is 13.1 Å². The molecule has 0 saturated heterocycles. The molecule has 0 aliphatic carbocycles. The summed E-state index contributed by atoms with van der Waals surface area (Å²) >= 11 is 5.68. The summed E-state index contributed by atoms with van der Waals surface area (Å²) in [4.78, 5) is 2.21. The Morgan fingerprint density at radius 2 is 1.88 bits per heavy atom. The summed E-state index contributed by atoms with van der Waals surface area (Å²) in [6.45, 7) is 5.90. The van der Waals surface area contributed by atoms with E-state index >= 15 is 0 Å². The van der Waals surface area contributed by atoms with E-state index in [4.69, 9.17) is 12.2 Å². The molecule has 0 spiro atoms. The predicted octanol–water partition coefficient (Wildman–Crippen LogP) is 3.77. The SMILES string of the molecule is CC(C)C1c2cc(O)c(O)cc2CCN1C(=S)NCCc1ccccc1. The first-order valence-corrected chi connectivity index (χ1v) is 9.51. The summed E-state index contributed by atoms with van der Waals surface area (Å²) in [7, 11) is 0. The largest absolute Gasteiger partial charge is 0.504 e. The highest BCUT2D eigenvalue weighted by Gasteiger charge is 2.32. The Bertz CT molecular complexity index is 777. The van der Waals surface area contributed by atoms with E-state index in [1.165, 1.54) is 5.56 Å². The van der Waals surface area contributed by atoms with Crippen LogP contribution in [0.2, 0.25) is 0 Å². The number of hydrogen-bond acceptors (Lipinski definition) is 3. The van der Waals surface area contributed by atoms with Crippen LogP contribution in [0.25, 0.3) is 0 Å². The van der Waals surface area contributed by atoms with Crippen molar-refractivity contribution in [2.24, 2.45) is 5.92 Å². The third-order valence-corrected chi connectivity index (χ3v) is 5.32. The van der Waals surface area contributed by atoms with Crippen LogP contribution in [-0.2, 0) is 12.8 Å². The standard InChI is InChI=1S/C21H26N2O2S/c1-14(2)20-17-13-19(25)18(24)12-16(17)9-11-23(20)21(26)22-10-8-15-6-4-3-5-7-15/h3-7,12-14,20,24-25H,8-11H2,1-2H3,(H,22,26). The van der Waals surface area contributed by atoms with Gasteiger partial charge in [0.05, 0.1) is 6.04 Å². The molecule has 3 N–H and O–H groups in total. The smallest absolute Gasteiger partial charge is 0.169 e. The molecule has 0 saturated carbocycles. The molecule has 0 amide bonds. The molecule has 4 nitrogen and oxygen atoms in total. The fourth-order valence-corrected chi connectivity index (χ4v) is 3.99. The van der Waals surface area contributed by atoms with Crippen LogP contribution in [0.4, 0.5) is 0 Å². The van der Waals surface area contributed by atoms with Crippen LogP contribution in [0.1, 0.15) is 36.6 Å². The molecule has 0 aromatic heterocycles. The highest BCUT2D eigenvalue weighted by atomic mass is 32.1. The number of nitrogens with one attached hydrogen (secondary N) is 1. The van der Waals surface area contributed by atoms with Crippen molar-refractivity contribution in [3.8, 4) is 11.5 Å². The number of aromatic hydroxyl groups is 2. The molecule has 1 aliphatic heterocycles. The number of benzene rings is 2. The molecule has 1 unspecified atom stereocenters. The highest BCUT2D eigenvalue weighted by Crippen LogP contribution is 2.40. The van der Waals surface area contributed by atoms with Crippen LogP contribution >= 0.6 is 12.2 Å². The number of phenolic OH excluding ortho intramolecular Hbond substituents is 2. The van der Waals surface area contributed by atoms with Crippen molar-refractivity contribution in [3.05, 3.63) is 59.2 Å². The molecule has 0 radical (unpaired) electrons. The van der Waals surface area contributed by atoms with Crippen molar-refractivity contribution in [1.29, 1.82) is 0 Å². The number of nitrogens with zero attached hydrogens (tertiary/aromatic N) is 1. The van der Waals surface area contributed by atoms with Crippen LogP contribution in [-0.4, -0.2) is 33.3 Å². The second-order valence-corrected chi connectivity index (χ2v) is 7.53. The maximum Gasteiger partial charge on any atom is 0.169 e. The number of fused-ring (bicyclic) bond motifs is 1. The Kier molecular flexibility index (Phi) is 5.67. The van der Waals surface area contributed by atoms with Crippen LogP contribution < -0.4 is 5.32 Å². The average Bonchev–Trinajstić information content (AvgIpc) is 2.62. The predicted molar refractivity (Wildman–Crippen MR) is 109 cm³/mol.